The van der Waals surface area contributed by atoms with Crippen LogP contribution in [0.1, 0.15) is 28.1 Å². The van der Waals surface area contributed by atoms with Crippen molar-refractivity contribution in [2.75, 3.05) is 25.9 Å². The third-order valence-electron chi connectivity index (χ3n) is 3.66. The standard InChI is InChI=1S/C13H20N2O3S2/c1-10-5-8-19-12(10)13(16)14-9-11-3-6-15(7-4-11)20(2,17)18/h5,8,11H,3-4,6-7,9H2,1-2H3,(H,14,16). The first-order valence-electron chi connectivity index (χ1n) is 6.65. The van der Waals surface area contributed by atoms with Gasteiger partial charge in [0.1, 0.15) is 0 Å². The highest BCUT2D eigenvalue weighted by atomic mass is 32.2. The summed E-state index contributed by atoms with van der Waals surface area (Å²) in [5.74, 6) is 0.334. The highest BCUT2D eigenvalue weighted by Crippen LogP contribution is 2.19. The zero-order chi connectivity index (χ0) is 14.8. The van der Waals surface area contributed by atoms with Gasteiger partial charge >= 0.3 is 0 Å². The third kappa shape index (κ3) is 3.80. The molecule has 5 nitrogen and oxygen atoms in total. The van der Waals surface area contributed by atoms with E-state index in [0.29, 0.717) is 25.6 Å². The van der Waals surface area contributed by atoms with Crippen molar-refractivity contribution >= 4 is 27.3 Å². The molecular weight excluding hydrogens is 296 g/mol. The minimum absolute atomic E-state index is 0.0250. The number of carbonyl (C=O) groups is 1. The molecule has 1 aliphatic heterocycles. The predicted molar refractivity (Wildman–Crippen MR) is 80.5 cm³/mol. The maximum absolute atomic E-state index is 12.0. The molecule has 0 unspecified atom stereocenters. The Morgan fingerprint density at radius 1 is 1.45 bits per heavy atom. The quantitative estimate of drug-likeness (QED) is 0.914. The first kappa shape index (κ1) is 15.5. The van der Waals surface area contributed by atoms with Crippen LogP contribution in [-0.4, -0.2) is 44.5 Å². The van der Waals surface area contributed by atoms with E-state index in [1.165, 1.54) is 21.9 Å². The molecule has 0 saturated carbocycles. The zero-order valence-corrected chi connectivity index (χ0v) is 13.4. The van der Waals surface area contributed by atoms with Gasteiger partial charge in [-0.1, -0.05) is 0 Å². The summed E-state index contributed by atoms with van der Waals surface area (Å²) in [5.41, 5.74) is 0.999. The van der Waals surface area contributed by atoms with Gasteiger partial charge in [0, 0.05) is 19.6 Å². The average Bonchev–Trinajstić information content (AvgIpc) is 2.82. The van der Waals surface area contributed by atoms with Crippen LogP contribution in [0.15, 0.2) is 11.4 Å². The molecule has 1 N–H and O–H groups in total. The summed E-state index contributed by atoms with van der Waals surface area (Å²) in [7, 11) is -3.07. The lowest BCUT2D eigenvalue weighted by Gasteiger charge is -2.30. The molecule has 2 rings (SSSR count). The number of carbonyl (C=O) groups excluding carboxylic acids is 1. The number of thiophene rings is 1. The Balaban J connectivity index is 1.80. The summed E-state index contributed by atoms with van der Waals surface area (Å²) in [6, 6.07) is 1.93. The minimum atomic E-state index is -3.07. The molecule has 1 fully saturated rings. The van der Waals surface area contributed by atoms with Gasteiger partial charge in [-0.2, -0.15) is 0 Å². The molecule has 0 spiro atoms. The molecule has 0 radical (unpaired) electrons. The molecule has 2 heterocycles. The summed E-state index contributed by atoms with van der Waals surface area (Å²) in [6.07, 6.45) is 2.85. The van der Waals surface area contributed by atoms with Gasteiger partial charge in [-0.25, -0.2) is 12.7 Å². The van der Waals surface area contributed by atoms with Crippen molar-refractivity contribution in [2.24, 2.45) is 5.92 Å². The fourth-order valence-electron chi connectivity index (χ4n) is 2.37. The van der Waals surface area contributed by atoms with E-state index >= 15 is 0 Å². The van der Waals surface area contributed by atoms with Crippen LogP contribution in [0, 0.1) is 12.8 Å². The zero-order valence-electron chi connectivity index (χ0n) is 11.8. The number of sulfonamides is 1. The van der Waals surface area contributed by atoms with Crippen LogP contribution in [0.5, 0.6) is 0 Å². The van der Waals surface area contributed by atoms with E-state index in [1.54, 1.807) is 0 Å². The lowest BCUT2D eigenvalue weighted by atomic mass is 9.98. The molecule has 1 saturated heterocycles. The first-order valence-corrected chi connectivity index (χ1v) is 9.38. The number of hydrogen-bond donors (Lipinski definition) is 1. The molecule has 1 aliphatic rings. The molecule has 20 heavy (non-hydrogen) atoms. The van der Waals surface area contributed by atoms with Gasteiger partial charge in [0.25, 0.3) is 5.91 Å². The lowest BCUT2D eigenvalue weighted by Crippen LogP contribution is -2.41. The molecule has 7 heteroatoms. The van der Waals surface area contributed by atoms with E-state index in [9.17, 15) is 13.2 Å². The number of nitrogens with one attached hydrogen (secondary N) is 1. The van der Waals surface area contributed by atoms with Gasteiger partial charge < -0.3 is 5.32 Å². The van der Waals surface area contributed by atoms with Gasteiger partial charge in [0.15, 0.2) is 0 Å². The fourth-order valence-corrected chi connectivity index (χ4v) is 4.08. The van der Waals surface area contributed by atoms with Crippen molar-refractivity contribution in [1.82, 2.24) is 9.62 Å². The van der Waals surface area contributed by atoms with Crippen molar-refractivity contribution in [3.8, 4) is 0 Å². The highest BCUT2D eigenvalue weighted by Gasteiger charge is 2.25. The van der Waals surface area contributed by atoms with E-state index in [2.05, 4.69) is 5.32 Å². The second kappa shape index (κ2) is 6.24. The normalized spacial score (nSPS) is 18.1. The number of piperidine rings is 1. The van der Waals surface area contributed by atoms with Gasteiger partial charge in [-0.15, -0.1) is 11.3 Å². The Kier molecular flexibility index (Phi) is 4.82. The Bertz CT molecular complexity index is 572. The highest BCUT2D eigenvalue weighted by molar-refractivity contribution is 7.88. The van der Waals surface area contributed by atoms with E-state index in [0.717, 1.165) is 23.3 Å². The van der Waals surface area contributed by atoms with Crippen LogP contribution in [0.3, 0.4) is 0 Å². The van der Waals surface area contributed by atoms with Crippen LogP contribution in [0.4, 0.5) is 0 Å². The lowest BCUT2D eigenvalue weighted by molar-refractivity contribution is 0.0945. The van der Waals surface area contributed by atoms with Gasteiger partial charge in [-0.05, 0) is 42.7 Å². The smallest absolute Gasteiger partial charge is 0.261 e. The second-order valence-corrected chi connectivity index (χ2v) is 8.15. The molecule has 1 aromatic rings. The molecular formula is C13H20N2O3S2. The monoisotopic (exact) mass is 316 g/mol. The van der Waals surface area contributed by atoms with Crippen molar-refractivity contribution in [3.63, 3.8) is 0 Å². The number of nitrogens with zero attached hydrogens (tertiary/aromatic N) is 1. The van der Waals surface area contributed by atoms with Crippen LogP contribution >= 0.6 is 11.3 Å². The molecule has 0 bridgehead atoms. The van der Waals surface area contributed by atoms with Crippen molar-refractivity contribution in [3.05, 3.63) is 21.9 Å². The summed E-state index contributed by atoms with van der Waals surface area (Å²) in [4.78, 5) is 12.7. The Morgan fingerprint density at radius 3 is 2.60 bits per heavy atom. The molecule has 0 atom stereocenters. The van der Waals surface area contributed by atoms with Gasteiger partial charge in [0.05, 0.1) is 11.1 Å². The number of hydrogen-bond acceptors (Lipinski definition) is 4. The number of aryl methyl sites for hydroxylation is 1. The van der Waals surface area contributed by atoms with E-state index in [1.807, 2.05) is 18.4 Å². The average molecular weight is 316 g/mol. The summed E-state index contributed by atoms with van der Waals surface area (Å²) >= 11 is 1.45. The van der Waals surface area contributed by atoms with Crippen LogP contribution in [0.25, 0.3) is 0 Å². The summed E-state index contributed by atoms with van der Waals surface area (Å²) in [6.45, 7) is 3.65. The van der Waals surface area contributed by atoms with Crippen LogP contribution < -0.4 is 5.32 Å². The van der Waals surface area contributed by atoms with E-state index in [4.69, 9.17) is 0 Å². The van der Waals surface area contributed by atoms with Crippen molar-refractivity contribution < 1.29 is 13.2 Å². The van der Waals surface area contributed by atoms with E-state index in [-0.39, 0.29) is 5.91 Å². The Labute approximate surface area is 124 Å². The van der Waals surface area contributed by atoms with Crippen LogP contribution in [-0.2, 0) is 10.0 Å². The molecule has 0 aliphatic carbocycles. The molecule has 0 aromatic carbocycles. The maximum atomic E-state index is 12.0. The third-order valence-corrected chi connectivity index (χ3v) is 5.98. The van der Waals surface area contributed by atoms with Crippen molar-refractivity contribution in [1.29, 1.82) is 0 Å². The van der Waals surface area contributed by atoms with Gasteiger partial charge in [-0.3, -0.25) is 4.79 Å². The minimum Gasteiger partial charge on any atom is -0.351 e. The predicted octanol–water partition coefficient (Wildman–Crippen LogP) is 1.46. The van der Waals surface area contributed by atoms with Crippen LogP contribution in [0.2, 0.25) is 0 Å². The Hall–Kier alpha value is -0.920. The summed E-state index contributed by atoms with van der Waals surface area (Å²) in [5, 5.41) is 4.86. The Morgan fingerprint density at radius 2 is 2.10 bits per heavy atom. The second-order valence-electron chi connectivity index (χ2n) is 5.25. The van der Waals surface area contributed by atoms with Crippen molar-refractivity contribution in [2.45, 2.75) is 19.8 Å². The molecule has 1 aromatic heterocycles. The van der Waals surface area contributed by atoms with Gasteiger partial charge in [0.2, 0.25) is 10.0 Å². The first-order chi connectivity index (χ1) is 9.38. The largest absolute Gasteiger partial charge is 0.351 e. The fraction of sp³-hybridized carbons (Fsp3) is 0.615. The SMILES string of the molecule is Cc1ccsc1C(=O)NCC1CCN(S(C)(=O)=O)CC1. The summed E-state index contributed by atoms with van der Waals surface area (Å²) < 4.78 is 24.3. The molecule has 112 valence electrons. The van der Waals surface area contributed by atoms with E-state index < -0.39 is 10.0 Å². The number of amides is 1. The topological polar surface area (TPSA) is 66.5 Å². The number of rotatable bonds is 4. The molecule has 1 amide bonds. The maximum Gasteiger partial charge on any atom is 0.261 e.